The molecule has 2 aromatic heterocycles. The van der Waals surface area contributed by atoms with Crippen molar-refractivity contribution in [3.63, 3.8) is 0 Å². The third-order valence-corrected chi connectivity index (χ3v) is 7.17. The van der Waals surface area contributed by atoms with Crippen molar-refractivity contribution in [3.8, 4) is 0 Å². The predicted octanol–water partition coefficient (Wildman–Crippen LogP) is 2.39. The molecule has 0 bridgehead atoms. The van der Waals surface area contributed by atoms with Gasteiger partial charge >= 0.3 is 0 Å². The molecule has 136 valence electrons. The molecule has 6 nitrogen and oxygen atoms in total. The van der Waals surface area contributed by atoms with Crippen LogP contribution in [-0.4, -0.2) is 53.8 Å². The van der Waals surface area contributed by atoms with E-state index in [9.17, 15) is 8.42 Å². The lowest BCUT2D eigenvalue weighted by Gasteiger charge is -2.33. The van der Waals surface area contributed by atoms with Crippen LogP contribution in [0, 0.1) is 0 Å². The van der Waals surface area contributed by atoms with Crippen molar-refractivity contribution in [2.24, 2.45) is 0 Å². The van der Waals surface area contributed by atoms with E-state index in [0.717, 1.165) is 31.7 Å². The second-order valence-corrected chi connectivity index (χ2v) is 9.09. The van der Waals surface area contributed by atoms with Crippen molar-refractivity contribution in [1.82, 2.24) is 19.2 Å². The Labute approximate surface area is 153 Å². The first-order chi connectivity index (χ1) is 12.1. The number of thiazole rings is 1. The van der Waals surface area contributed by atoms with Crippen LogP contribution in [0.1, 0.15) is 30.5 Å². The van der Waals surface area contributed by atoms with Crippen LogP contribution >= 0.6 is 11.3 Å². The van der Waals surface area contributed by atoms with Crippen molar-refractivity contribution < 1.29 is 8.42 Å². The third-order valence-electron chi connectivity index (χ3n) is 4.33. The lowest BCUT2D eigenvalue weighted by Crippen LogP contribution is -2.48. The van der Waals surface area contributed by atoms with Gasteiger partial charge < -0.3 is 0 Å². The van der Waals surface area contributed by atoms with Crippen molar-refractivity contribution in [1.29, 1.82) is 0 Å². The van der Waals surface area contributed by atoms with Crippen molar-refractivity contribution in [2.45, 2.75) is 37.6 Å². The lowest BCUT2D eigenvalue weighted by molar-refractivity contribution is 0.180. The first kappa shape index (κ1) is 18.4. The van der Waals surface area contributed by atoms with E-state index in [-0.39, 0.29) is 4.90 Å². The fourth-order valence-corrected chi connectivity index (χ4v) is 5.09. The molecule has 1 aliphatic heterocycles. The van der Waals surface area contributed by atoms with Gasteiger partial charge in [-0.3, -0.25) is 9.88 Å². The molecule has 2 aromatic rings. The molecule has 0 spiro atoms. The lowest BCUT2D eigenvalue weighted by atomic mass is 10.3. The van der Waals surface area contributed by atoms with Gasteiger partial charge in [0.05, 0.1) is 10.7 Å². The molecule has 0 aliphatic carbocycles. The summed E-state index contributed by atoms with van der Waals surface area (Å²) in [6.45, 7) is 5.44. The molecular formula is C17H24N4O2S2. The quantitative estimate of drug-likeness (QED) is 0.738. The highest BCUT2D eigenvalue weighted by Gasteiger charge is 2.28. The Morgan fingerprint density at radius 2 is 2.04 bits per heavy atom. The molecule has 0 atom stereocenters. The molecule has 1 saturated heterocycles. The molecule has 0 amide bonds. The smallest absolute Gasteiger partial charge is 0.244 e. The van der Waals surface area contributed by atoms with Gasteiger partial charge in [-0.1, -0.05) is 13.3 Å². The number of hydrogen-bond donors (Lipinski definition) is 0. The average Bonchev–Trinajstić information content (AvgIpc) is 3.08. The highest BCUT2D eigenvalue weighted by atomic mass is 32.2. The number of sulfonamides is 1. The maximum atomic E-state index is 12.6. The Kier molecular flexibility index (Phi) is 6.16. The summed E-state index contributed by atoms with van der Waals surface area (Å²) in [5.41, 5.74) is 1.10. The van der Waals surface area contributed by atoms with Gasteiger partial charge in [0.15, 0.2) is 0 Å². The standard InChI is InChI=1S/C17H24N4O2S2/c1-2-3-6-17-19-15(14-24-17)13-20-8-10-21(11-9-20)25(22,23)16-5-4-7-18-12-16/h4-5,7,12,14H,2-3,6,8-11,13H2,1H3. The molecule has 0 unspecified atom stereocenters. The second kappa shape index (κ2) is 8.35. The number of nitrogens with zero attached hydrogens (tertiary/aromatic N) is 4. The Hall–Kier alpha value is -1.35. The van der Waals surface area contributed by atoms with Gasteiger partial charge in [-0.15, -0.1) is 11.3 Å². The van der Waals surface area contributed by atoms with Crippen molar-refractivity contribution >= 4 is 21.4 Å². The summed E-state index contributed by atoms with van der Waals surface area (Å²) in [4.78, 5) is 11.1. The fourth-order valence-electron chi connectivity index (χ4n) is 2.87. The molecule has 3 rings (SSSR count). The summed E-state index contributed by atoms with van der Waals surface area (Å²) < 4.78 is 26.8. The largest absolute Gasteiger partial charge is 0.295 e. The zero-order valence-electron chi connectivity index (χ0n) is 14.5. The molecule has 8 heteroatoms. The van der Waals surface area contributed by atoms with Crippen LogP contribution in [0.4, 0.5) is 0 Å². The van der Waals surface area contributed by atoms with Gasteiger partial charge in [-0.05, 0) is 25.0 Å². The summed E-state index contributed by atoms with van der Waals surface area (Å²) in [5, 5.41) is 3.33. The summed E-state index contributed by atoms with van der Waals surface area (Å²) in [7, 11) is -3.43. The van der Waals surface area contributed by atoms with Crippen LogP contribution in [0.2, 0.25) is 0 Å². The highest BCUT2D eigenvalue weighted by molar-refractivity contribution is 7.89. The summed E-state index contributed by atoms with van der Waals surface area (Å²) in [5.74, 6) is 0. The number of pyridine rings is 1. The van der Waals surface area contributed by atoms with Gasteiger partial charge in [-0.2, -0.15) is 4.31 Å². The number of piperazine rings is 1. The van der Waals surface area contributed by atoms with Gasteiger partial charge in [0, 0.05) is 50.5 Å². The molecule has 0 aromatic carbocycles. The first-order valence-electron chi connectivity index (χ1n) is 8.65. The van der Waals surface area contributed by atoms with Crippen molar-refractivity contribution in [2.75, 3.05) is 26.2 Å². The summed E-state index contributed by atoms with van der Waals surface area (Å²) >= 11 is 1.73. The van der Waals surface area contributed by atoms with Gasteiger partial charge in [0.1, 0.15) is 4.90 Å². The van der Waals surface area contributed by atoms with Gasteiger partial charge in [-0.25, -0.2) is 13.4 Å². The van der Waals surface area contributed by atoms with E-state index >= 15 is 0 Å². The molecule has 25 heavy (non-hydrogen) atoms. The topological polar surface area (TPSA) is 66.4 Å². The normalized spacial score (nSPS) is 17.0. The maximum Gasteiger partial charge on any atom is 0.244 e. The minimum absolute atomic E-state index is 0.267. The monoisotopic (exact) mass is 380 g/mol. The molecular weight excluding hydrogens is 356 g/mol. The Morgan fingerprint density at radius 3 is 2.72 bits per heavy atom. The van der Waals surface area contributed by atoms with Gasteiger partial charge in [0.25, 0.3) is 0 Å². The molecule has 1 fully saturated rings. The Balaban J connectivity index is 1.54. The number of aryl methyl sites for hydroxylation is 1. The summed E-state index contributed by atoms with van der Waals surface area (Å²) in [6.07, 6.45) is 6.41. The summed E-state index contributed by atoms with van der Waals surface area (Å²) in [6, 6.07) is 3.25. The van der Waals surface area contributed by atoms with Gasteiger partial charge in [0.2, 0.25) is 10.0 Å². The highest BCUT2D eigenvalue weighted by Crippen LogP contribution is 2.19. The zero-order valence-corrected chi connectivity index (χ0v) is 16.1. The van der Waals surface area contributed by atoms with Crippen molar-refractivity contribution in [3.05, 3.63) is 40.6 Å². The average molecular weight is 381 g/mol. The van der Waals surface area contributed by atoms with E-state index in [0.29, 0.717) is 13.1 Å². The van der Waals surface area contributed by atoms with Crippen LogP contribution in [0.5, 0.6) is 0 Å². The molecule has 3 heterocycles. The van der Waals surface area contributed by atoms with Crippen LogP contribution in [-0.2, 0) is 23.0 Å². The van der Waals surface area contributed by atoms with E-state index in [1.165, 1.54) is 24.0 Å². The zero-order chi connectivity index (χ0) is 17.7. The van der Waals surface area contributed by atoms with E-state index in [1.807, 2.05) is 0 Å². The maximum absolute atomic E-state index is 12.6. The van der Waals surface area contributed by atoms with Crippen LogP contribution in [0.3, 0.4) is 0 Å². The van der Waals surface area contributed by atoms with Crippen LogP contribution < -0.4 is 0 Å². The SMILES string of the molecule is CCCCc1nc(CN2CCN(S(=O)(=O)c3cccnc3)CC2)cs1. The number of unbranched alkanes of at least 4 members (excludes halogenated alkanes) is 1. The van der Waals surface area contributed by atoms with E-state index in [1.54, 1.807) is 34.0 Å². The number of aromatic nitrogens is 2. The predicted molar refractivity (Wildman–Crippen MR) is 99.0 cm³/mol. The molecule has 0 radical (unpaired) electrons. The number of rotatable bonds is 7. The van der Waals surface area contributed by atoms with Crippen LogP contribution in [0.25, 0.3) is 0 Å². The first-order valence-corrected chi connectivity index (χ1v) is 11.0. The van der Waals surface area contributed by atoms with E-state index in [4.69, 9.17) is 4.98 Å². The molecule has 1 aliphatic rings. The minimum atomic E-state index is -3.43. The Bertz CT molecular complexity index is 769. The fraction of sp³-hybridized carbons (Fsp3) is 0.529. The minimum Gasteiger partial charge on any atom is -0.295 e. The van der Waals surface area contributed by atoms with E-state index in [2.05, 4.69) is 22.2 Å². The third kappa shape index (κ3) is 4.63. The van der Waals surface area contributed by atoms with E-state index < -0.39 is 10.0 Å². The molecule has 0 saturated carbocycles. The second-order valence-electron chi connectivity index (χ2n) is 6.21. The molecule has 0 N–H and O–H groups in total. The Morgan fingerprint density at radius 1 is 1.24 bits per heavy atom. The number of hydrogen-bond acceptors (Lipinski definition) is 6. The van der Waals surface area contributed by atoms with Crippen LogP contribution in [0.15, 0.2) is 34.8 Å².